The number of hydrogen-bond acceptors (Lipinski definition) is 4. The van der Waals surface area contributed by atoms with Crippen LogP contribution in [0.15, 0.2) is 24.3 Å². The molecular weight excluding hydrogens is 284 g/mol. The van der Waals surface area contributed by atoms with Gasteiger partial charge >= 0.3 is 0 Å². The second-order valence-corrected chi connectivity index (χ2v) is 6.65. The Hall–Kier alpha value is -1.20. The number of amides is 1. The average Bonchev–Trinajstić information content (AvgIpc) is 2.54. The Kier molecular flexibility index (Phi) is 6.39. The smallest absolute Gasteiger partial charge is 0.232 e. The van der Waals surface area contributed by atoms with Crippen LogP contribution in [0.4, 0.5) is 0 Å². The highest BCUT2D eigenvalue weighted by atomic mass is 32.2. The van der Waals surface area contributed by atoms with Crippen molar-refractivity contribution >= 4 is 17.7 Å². The number of nitrogens with one attached hydrogen (secondary N) is 1. The summed E-state index contributed by atoms with van der Waals surface area (Å²) < 4.78 is 5.14. The lowest BCUT2D eigenvalue weighted by Crippen LogP contribution is -2.32. The van der Waals surface area contributed by atoms with Crippen LogP contribution in [0.3, 0.4) is 0 Å². The molecule has 0 aliphatic carbocycles. The molecule has 0 atom stereocenters. The highest BCUT2D eigenvalue weighted by Crippen LogP contribution is 2.20. The molecule has 116 valence electrons. The van der Waals surface area contributed by atoms with Crippen LogP contribution in [0.25, 0.3) is 0 Å². The number of nitrogens with zero attached hydrogens (tertiary/aromatic N) is 1. The van der Waals surface area contributed by atoms with Gasteiger partial charge in [0, 0.05) is 18.8 Å². The van der Waals surface area contributed by atoms with E-state index >= 15 is 0 Å². The molecular formula is C16H24N2O2S. The minimum Gasteiger partial charge on any atom is -0.497 e. The lowest BCUT2D eigenvalue weighted by atomic mass is 10.2. The molecule has 1 amide bonds. The molecule has 0 bridgehead atoms. The standard InChI is InChI=1S/C16H24N2O2S/c1-18(11-13-3-5-14(20-2)6-4-13)16(19)12-21-15-7-9-17-10-8-15/h3-6,15,17H,7-12H2,1-2H3. The molecule has 0 spiro atoms. The maximum absolute atomic E-state index is 12.2. The van der Waals surface area contributed by atoms with E-state index < -0.39 is 0 Å². The van der Waals surface area contributed by atoms with Gasteiger partial charge in [-0.05, 0) is 43.6 Å². The minimum absolute atomic E-state index is 0.203. The molecule has 0 aromatic heterocycles. The number of ether oxygens (including phenoxy) is 1. The Morgan fingerprint density at radius 1 is 1.33 bits per heavy atom. The predicted molar refractivity (Wildman–Crippen MR) is 87.8 cm³/mol. The minimum atomic E-state index is 0.203. The molecule has 1 aliphatic heterocycles. The molecule has 0 radical (unpaired) electrons. The van der Waals surface area contributed by atoms with Crippen molar-refractivity contribution in [2.45, 2.75) is 24.6 Å². The van der Waals surface area contributed by atoms with Crippen molar-refractivity contribution in [3.05, 3.63) is 29.8 Å². The molecule has 1 fully saturated rings. The van der Waals surface area contributed by atoms with Gasteiger partial charge in [0.1, 0.15) is 5.75 Å². The number of rotatable bonds is 6. The summed E-state index contributed by atoms with van der Waals surface area (Å²) in [5, 5.41) is 3.98. The largest absolute Gasteiger partial charge is 0.497 e. The maximum Gasteiger partial charge on any atom is 0.232 e. The summed E-state index contributed by atoms with van der Waals surface area (Å²) >= 11 is 1.80. The van der Waals surface area contributed by atoms with Gasteiger partial charge in [-0.3, -0.25) is 4.79 Å². The van der Waals surface area contributed by atoms with E-state index in [1.165, 1.54) is 12.8 Å². The third kappa shape index (κ3) is 5.25. The molecule has 0 unspecified atom stereocenters. The molecule has 1 aromatic rings. The van der Waals surface area contributed by atoms with Crippen molar-refractivity contribution < 1.29 is 9.53 Å². The van der Waals surface area contributed by atoms with Crippen LogP contribution < -0.4 is 10.1 Å². The van der Waals surface area contributed by atoms with Crippen molar-refractivity contribution in [1.29, 1.82) is 0 Å². The molecule has 1 aliphatic rings. The number of piperidine rings is 1. The van der Waals surface area contributed by atoms with Gasteiger partial charge in [-0.1, -0.05) is 12.1 Å². The number of carbonyl (C=O) groups excluding carboxylic acids is 1. The van der Waals surface area contributed by atoms with Crippen LogP contribution in [0.5, 0.6) is 5.75 Å². The number of benzene rings is 1. The predicted octanol–water partition coefficient (Wildman–Crippen LogP) is 2.14. The molecule has 21 heavy (non-hydrogen) atoms. The summed E-state index contributed by atoms with van der Waals surface area (Å²) in [6, 6.07) is 7.86. The second kappa shape index (κ2) is 8.29. The van der Waals surface area contributed by atoms with Gasteiger partial charge in [0.25, 0.3) is 0 Å². The third-order valence-corrected chi connectivity index (χ3v) is 5.09. The van der Waals surface area contributed by atoms with Gasteiger partial charge in [-0.2, -0.15) is 0 Å². The van der Waals surface area contributed by atoms with Crippen LogP contribution in [-0.2, 0) is 11.3 Å². The number of methoxy groups -OCH3 is 1. The molecule has 5 heteroatoms. The fourth-order valence-corrected chi connectivity index (χ4v) is 3.52. The van der Waals surface area contributed by atoms with Gasteiger partial charge in [0.15, 0.2) is 0 Å². The normalized spacial score (nSPS) is 15.7. The molecule has 1 saturated heterocycles. The van der Waals surface area contributed by atoms with Crippen molar-refractivity contribution in [3.63, 3.8) is 0 Å². The summed E-state index contributed by atoms with van der Waals surface area (Å²) in [5.74, 6) is 1.63. The zero-order valence-electron chi connectivity index (χ0n) is 12.8. The number of carbonyl (C=O) groups is 1. The molecule has 2 rings (SSSR count). The van der Waals surface area contributed by atoms with Crippen molar-refractivity contribution in [2.75, 3.05) is 33.0 Å². The van der Waals surface area contributed by atoms with Crippen molar-refractivity contribution in [2.24, 2.45) is 0 Å². The maximum atomic E-state index is 12.2. The van der Waals surface area contributed by atoms with Crippen LogP contribution in [-0.4, -0.2) is 49.1 Å². The van der Waals surface area contributed by atoms with Gasteiger partial charge in [0.2, 0.25) is 5.91 Å². The zero-order valence-corrected chi connectivity index (χ0v) is 13.6. The monoisotopic (exact) mass is 308 g/mol. The summed E-state index contributed by atoms with van der Waals surface area (Å²) in [5.41, 5.74) is 1.12. The summed E-state index contributed by atoms with van der Waals surface area (Å²) in [6.45, 7) is 2.80. The van der Waals surface area contributed by atoms with E-state index in [0.29, 0.717) is 17.5 Å². The summed E-state index contributed by atoms with van der Waals surface area (Å²) in [7, 11) is 3.53. The molecule has 0 saturated carbocycles. The molecule has 1 N–H and O–H groups in total. The Bertz CT molecular complexity index is 444. The molecule has 4 nitrogen and oxygen atoms in total. The van der Waals surface area contributed by atoms with E-state index in [2.05, 4.69) is 5.32 Å². The lowest BCUT2D eigenvalue weighted by molar-refractivity contribution is -0.127. The van der Waals surface area contributed by atoms with E-state index in [9.17, 15) is 4.79 Å². The summed E-state index contributed by atoms with van der Waals surface area (Å²) in [6.07, 6.45) is 2.33. The average molecular weight is 308 g/mol. The van der Waals surface area contributed by atoms with E-state index in [4.69, 9.17) is 4.74 Å². The van der Waals surface area contributed by atoms with Crippen molar-refractivity contribution in [1.82, 2.24) is 10.2 Å². The number of hydrogen-bond donors (Lipinski definition) is 1. The zero-order chi connectivity index (χ0) is 15.1. The van der Waals surface area contributed by atoms with E-state index in [1.54, 1.807) is 23.8 Å². The lowest BCUT2D eigenvalue weighted by Gasteiger charge is -2.23. The Balaban J connectivity index is 1.75. The van der Waals surface area contributed by atoms with Crippen LogP contribution in [0.1, 0.15) is 18.4 Å². The van der Waals surface area contributed by atoms with E-state index in [0.717, 1.165) is 24.4 Å². The highest BCUT2D eigenvalue weighted by Gasteiger charge is 2.16. The first-order valence-electron chi connectivity index (χ1n) is 7.38. The Labute approximate surface area is 131 Å². The van der Waals surface area contributed by atoms with E-state index in [1.807, 2.05) is 31.3 Å². The van der Waals surface area contributed by atoms with Crippen LogP contribution >= 0.6 is 11.8 Å². The Morgan fingerprint density at radius 3 is 2.62 bits per heavy atom. The Morgan fingerprint density at radius 2 is 2.00 bits per heavy atom. The van der Waals surface area contributed by atoms with E-state index in [-0.39, 0.29) is 5.91 Å². The van der Waals surface area contributed by atoms with Gasteiger partial charge in [-0.15, -0.1) is 11.8 Å². The first kappa shape index (κ1) is 16.2. The first-order chi connectivity index (χ1) is 10.2. The van der Waals surface area contributed by atoms with Crippen LogP contribution in [0.2, 0.25) is 0 Å². The summed E-state index contributed by atoms with van der Waals surface area (Å²) in [4.78, 5) is 14.0. The van der Waals surface area contributed by atoms with Crippen molar-refractivity contribution in [3.8, 4) is 5.75 Å². The number of thioether (sulfide) groups is 1. The van der Waals surface area contributed by atoms with Gasteiger partial charge in [-0.25, -0.2) is 0 Å². The van der Waals surface area contributed by atoms with Crippen LogP contribution in [0, 0.1) is 0 Å². The second-order valence-electron chi connectivity index (χ2n) is 5.36. The third-order valence-electron chi connectivity index (χ3n) is 3.73. The first-order valence-corrected chi connectivity index (χ1v) is 8.43. The topological polar surface area (TPSA) is 41.6 Å². The van der Waals surface area contributed by atoms with Gasteiger partial charge in [0.05, 0.1) is 12.9 Å². The quantitative estimate of drug-likeness (QED) is 0.874. The molecule has 1 heterocycles. The molecule has 1 aromatic carbocycles. The fraction of sp³-hybridized carbons (Fsp3) is 0.562. The van der Waals surface area contributed by atoms with Gasteiger partial charge < -0.3 is 15.0 Å². The SMILES string of the molecule is COc1ccc(CN(C)C(=O)CSC2CCNCC2)cc1. The fourth-order valence-electron chi connectivity index (χ4n) is 2.35. The highest BCUT2D eigenvalue weighted by molar-refractivity contribution is 8.00.